The Bertz CT molecular complexity index is 521. The standard InChI is InChI=1S/C16H19ClO3/c1-15(14(18)19-2)8-7-12(16(15)10-20-16)9-11-3-5-13(17)6-4-11/h3-6,12H,7-10H2,1-2H3. The molecule has 1 heterocycles. The average Bonchev–Trinajstić information content (AvgIpc) is 3.21. The van der Waals surface area contributed by atoms with Gasteiger partial charge in [-0.3, -0.25) is 4.79 Å². The topological polar surface area (TPSA) is 38.8 Å². The van der Waals surface area contributed by atoms with Gasteiger partial charge >= 0.3 is 5.97 Å². The molecule has 0 aromatic heterocycles. The molecule has 1 aromatic carbocycles. The van der Waals surface area contributed by atoms with Gasteiger partial charge in [-0.1, -0.05) is 23.7 Å². The van der Waals surface area contributed by atoms with Crippen molar-refractivity contribution in [1.82, 2.24) is 0 Å². The summed E-state index contributed by atoms with van der Waals surface area (Å²) in [6, 6.07) is 7.91. The minimum Gasteiger partial charge on any atom is -0.469 e. The van der Waals surface area contributed by atoms with E-state index in [4.69, 9.17) is 21.1 Å². The first-order valence-electron chi connectivity index (χ1n) is 6.99. The summed E-state index contributed by atoms with van der Waals surface area (Å²) in [6.45, 7) is 2.64. The van der Waals surface area contributed by atoms with Crippen LogP contribution in [0.2, 0.25) is 5.02 Å². The zero-order chi connectivity index (χ0) is 14.4. The number of ether oxygens (including phenoxy) is 2. The number of methoxy groups -OCH3 is 1. The van der Waals surface area contributed by atoms with E-state index in [-0.39, 0.29) is 11.6 Å². The number of benzene rings is 1. The Labute approximate surface area is 124 Å². The molecule has 1 aliphatic carbocycles. The highest BCUT2D eigenvalue weighted by atomic mass is 35.5. The van der Waals surface area contributed by atoms with Crippen molar-refractivity contribution in [1.29, 1.82) is 0 Å². The summed E-state index contributed by atoms with van der Waals surface area (Å²) in [5.74, 6) is 0.224. The zero-order valence-corrected chi connectivity index (χ0v) is 12.6. The van der Waals surface area contributed by atoms with E-state index in [0.29, 0.717) is 12.5 Å². The summed E-state index contributed by atoms with van der Waals surface area (Å²) in [4.78, 5) is 12.1. The van der Waals surface area contributed by atoms with Crippen LogP contribution >= 0.6 is 11.6 Å². The Hall–Kier alpha value is -1.06. The third-order valence-electron chi connectivity index (χ3n) is 5.07. The lowest BCUT2D eigenvalue weighted by Crippen LogP contribution is -2.42. The predicted molar refractivity (Wildman–Crippen MR) is 76.7 cm³/mol. The summed E-state index contributed by atoms with van der Waals surface area (Å²) in [5, 5.41) is 0.747. The van der Waals surface area contributed by atoms with Gasteiger partial charge in [0.1, 0.15) is 5.60 Å². The maximum Gasteiger partial charge on any atom is 0.314 e. The Morgan fingerprint density at radius 3 is 2.65 bits per heavy atom. The van der Waals surface area contributed by atoms with Crippen molar-refractivity contribution < 1.29 is 14.3 Å². The lowest BCUT2D eigenvalue weighted by Gasteiger charge is -2.28. The molecular weight excluding hydrogens is 276 g/mol. The minimum absolute atomic E-state index is 0.145. The molecule has 108 valence electrons. The molecule has 20 heavy (non-hydrogen) atoms. The SMILES string of the molecule is COC(=O)C1(C)CCC(Cc2ccc(Cl)cc2)C12CO2. The number of hydrogen-bond donors (Lipinski definition) is 0. The van der Waals surface area contributed by atoms with Gasteiger partial charge in [0.15, 0.2) is 0 Å². The smallest absolute Gasteiger partial charge is 0.314 e. The third-order valence-corrected chi connectivity index (χ3v) is 5.32. The number of esters is 1. The molecule has 1 aliphatic heterocycles. The van der Waals surface area contributed by atoms with E-state index in [9.17, 15) is 4.79 Å². The van der Waals surface area contributed by atoms with Crippen molar-refractivity contribution >= 4 is 17.6 Å². The van der Waals surface area contributed by atoms with Gasteiger partial charge in [0.2, 0.25) is 0 Å². The van der Waals surface area contributed by atoms with E-state index >= 15 is 0 Å². The lowest BCUT2D eigenvalue weighted by molar-refractivity contribution is -0.155. The van der Waals surface area contributed by atoms with Crippen LogP contribution in [-0.2, 0) is 20.7 Å². The molecule has 2 fully saturated rings. The Morgan fingerprint density at radius 1 is 1.45 bits per heavy atom. The molecule has 2 aliphatic rings. The summed E-state index contributed by atoms with van der Waals surface area (Å²) in [5.41, 5.74) is 0.418. The molecule has 0 amide bonds. The average molecular weight is 295 g/mol. The van der Waals surface area contributed by atoms with Crippen LogP contribution in [0.5, 0.6) is 0 Å². The van der Waals surface area contributed by atoms with E-state index in [1.165, 1.54) is 12.7 Å². The van der Waals surface area contributed by atoms with E-state index in [2.05, 4.69) is 0 Å². The molecule has 0 bridgehead atoms. The summed E-state index contributed by atoms with van der Waals surface area (Å²) in [7, 11) is 1.45. The fourth-order valence-corrected chi connectivity index (χ4v) is 3.79. The molecule has 0 N–H and O–H groups in total. The highest BCUT2D eigenvalue weighted by Crippen LogP contribution is 2.60. The van der Waals surface area contributed by atoms with E-state index in [1.54, 1.807) is 0 Å². The van der Waals surface area contributed by atoms with Gasteiger partial charge in [0.25, 0.3) is 0 Å². The van der Waals surface area contributed by atoms with Crippen LogP contribution in [-0.4, -0.2) is 25.3 Å². The van der Waals surface area contributed by atoms with Gasteiger partial charge in [-0.05, 0) is 49.8 Å². The quantitative estimate of drug-likeness (QED) is 0.634. The second kappa shape index (κ2) is 4.74. The first-order valence-corrected chi connectivity index (χ1v) is 7.36. The number of halogens is 1. The van der Waals surface area contributed by atoms with Gasteiger partial charge in [-0.15, -0.1) is 0 Å². The van der Waals surface area contributed by atoms with Crippen LogP contribution in [0, 0.1) is 11.3 Å². The Balaban J connectivity index is 1.80. The van der Waals surface area contributed by atoms with Crippen LogP contribution in [0.25, 0.3) is 0 Å². The van der Waals surface area contributed by atoms with Crippen molar-refractivity contribution in [2.24, 2.45) is 11.3 Å². The van der Waals surface area contributed by atoms with Crippen molar-refractivity contribution in [2.45, 2.75) is 31.8 Å². The second-order valence-corrected chi connectivity index (χ2v) is 6.50. The summed E-state index contributed by atoms with van der Waals surface area (Å²) in [6.07, 6.45) is 2.75. The molecule has 0 radical (unpaired) electrons. The van der Waals surface area contributed by atoms with Crippen molar-refractivity contribution in [3.8, 4) is 0 Å². The summed E-state index contributed by atoms with van der Waals surface area (Å²) < 4.78 is 10.8. The first-order chi connectivity index (χ1) is 9.52. The maximum atomic E-state index is 12.1. The molecule has 1 spiro atoms. The van der Waals surface area contributed by atoms with Gasteiger partial charge in [-0.2, -0.15) is 0 Å². The number of hydrogen-bond acceptors (Lipinski definition) is 3. The predicted octanol–water partition coefficient (Wildman–Crippen LogP) is 3.24. The fourth-order valence-electron chi connectivity index (χ4n) is 3.66. The highest BCUT2D eigenvalue weighted by molar-refractivity contribution is 6.30. The molecule has 1 saturated heterocycles. The van der Waals surface area contributed by atoms with Crippen molar-refractivity contribution in [2.75, 3.05) is 13.7 Å². The van der Waals surface area contributed by atoms with Crippen molar-refractivity contribution in [3.05, 3.63) is 34.9 Å². The molecule has 3 nitrogen and oxygen atoms in total. The Morgan fingerprint density at radius 2 is 2.10 bits per heavy atom. The number of rotatable bonds is 3. The van der Waals surface area contributed by atoms with Gasteiger partial charge in [-0.25, -0.2) is 0 Å². The minimum atomic E-state index is -0.501. The highest BCUT2D eigenvalue weighted by Gasteiger charge is 2.70. The van der Waals surface area contributed by atoms with Gasteiger partial charge < -0.3 is 9.47 Å². The number of carbonyl (C=O) groups excluding carboxylic acids is 1. The monoisotopic (exact) mass is 294 g/mol. The molecule has 3 rings (SSSR count). The van der Waals surface area contributed by atoms with E-state index in [1.807, 2.05) is 31.2 Å². The molecule has 3 atom stereocenters. The zero-order valence-electron chi connectivity index (χ0n) is 11.8. The van der Waals surface area contributed by atoms with E-state index in [0.717, 1.165) is 24.3 Å². The van der Waals surface area contributed by atoms with Crippen molar-refractivity contribution in [3.63, 3.8) is 0 Å². The Kier molecular flexibility index (Phi) is 3.30. The second-order valence-electron chi connectivity index (χ2n) is 6.07. The van der Waals surface area contributed by atoms with E-state index < -0.39 is 5.41 Å². The third kappa shape index (κ3) is 1.95. The first kappa shape index (κ1) is 13.9. The summed E-state index contributed by atoms with van der Waals surface area (Å²) >= 11 is 5.92. The number of epoxide rings is 1. The molecule has 1 saturated carbocycles. The number of carbonyl (C=O) groups is 1. The molecule has 3 unspecified atom stereocenters. The van der Waals surface area contributed by atoms with Gasteiger partial charge in [0, 0.05) is 5.02 Å². The van der Waals surface area contributed by atoms with Crippen LogP contribution in [0.1, 0.15) is 25.3 Å². The van der Waals surface area contributed by atoms with Gasteiger partial charge in [0.05, 0.1) is 19.1 Å². The van der Waals surface area contributed by atoms with Crippen LogP contribution in [0.15, 0.2) is 24.3 Å². The fraction of sp³-hybridized carbons (Fsp3) is 0.562. The van der Waals surface area contributed by atoms with Crippen LogP contribution in [0.3, 0.4) is 0 Å². The van der Waals surface area contributed by atoms with Crippen LogP contribution < -0.4 is 0 Å². The molecule has 4 heteroatoms. The normalized spacial score (nSPS) is 35.2. The molecular formula is C16H19ClO3. The molecule has 1 aromatic rings. The lowest BCUT2D eigenvalue weighted by atomic mass is 9.75. The van der Waals surface area contributed by atoms with Crippen LogP contribution in [0.4, 0.5) is 0 Å². The largest absolute Gasteiger partial charge is 0.469 e. The maximum absolute atomic E-state index is 12.1.